The summed E-state index contributed by atoms with van der Waals surface area (Å²) in [5.74, 6) is 0.415. The lowest BCUT2D eigenvalue weighted by Crippen LogP contribution is -2.37. The van der Waals surface area contributed by atoms with Crippen molar-refractivity contribution >= 4 is 21.6 Å². The molecule has 0 spiro atoms. The zero-order valence-electron chi connectivity index (χ0n) is 10.4. The maximum atomic E-state index is 9.59. The molecule has 0 bridgehead atoms. The summed E-state index contributed by atoms with van der Waals surface area (Å²) in [6, 6.07) is 7.84. The Balaban J connectivity index is 2.08. The Bertz CT molecular complexity index is 459. The van der Waals surface area contributed by atoms with Crippen LogP contribution in [-0.2, 0) is 0 Å². The summed E-state index contributed by atoms with van der Waals surface area (Å²) in [6.07, 6.45) is 1.82. The van der Waals surface area contributed by atoms with Gasteiger partial charge in [0.2, 0.25) is 0 Å². The molecule has 1 atom stereocenters. The quantitative estimate of drug-likeness (QED) is 0.914. The molecule has 18 heavy (non-hydrogen) atoms. The minimum atomic E-state index is -0.212. The van der Waals surface area contributed by atoms with Gasteiger partial charge in [0, 0.05) is 17.6 Å². The van der Waals surface area contributed by atoms with Gasteiger partial charge in [-0.05, 0) is 59.8 Å². The van der Waals surface area contributed by atoms with Crippen molar-refractivity contribution in [1.29, 1.82) is 5.26 Å². The molecule has 0 radical (unpaired) electrons. The lowest BCUT2D eigenvalue weighted by atomic mass is 9.92. The maximum absolute atomic E-state index is 9.59. The summed E-state index contributed by atoms with van der Waals surface area (Å²) < 4.78 is 0.969. The highest BCUT2D eigenvalue weighted by Crippen LogP contribution is 2.31. The summed E-state index contributed by atoms with van der Waals surface area (Å²) in [5.41, 5.74) is 1.81. The molecule has 0 aromatic heterocycles. The van der Waals surface area contributed by atoms with Crippen molar-refractivity contribution in [1.82, 2.24) is 0 Å². The molecule has 1 aliphatic heterocycles. The highest BCUT2D eigenvalue weighted by atomic mass is 79.9. The first-order chi connectivity index (χ1) is 8.61. The Morgan fingerprint density at radius 3 is 2.61 bits per heavy atom. The van der Waals surface area contributed by atoms with E-state index in [0.29, 0.717) is 11.5 Å². The summed E-state index contributed by atoms with van der Waals surface area (Å²) in [5, 5.41) is 18.4. The molecule has 1 saturated heterocycles. The van der Waals surface area contributed by atoms with E-state index in [4.69, 9.17) is 5.26 Å². The van der Waals surface area contributed by atoms with Gasteiger partial charge in [0.25, 0.3) is 0 Å². The molecule has 96 valence electrons. The molecule has 1 fully saturated rings. The third-order valence-electron chi connectivity index (χ3n) is 3.64. The minimum absolute atomic E-state index is 0.212. The van der Waals surface area contributed by atoms with Gasteiger partial charge in [0.1, 0.15) is 0 Å². The molecule has 2 rings (SSSR count). The fraction of sp³-hybridized carbons (Fsp3) is 0.500. The van der Waals surface area contributed by atoms with Gasteiger partial charge in [-0.25, -0.2) is 0 Å². The number of nitrogens with zero attached hydrogens (tertiary/aromatic N) is 2. The topological polar surface area (TPSA) is 47.3 Å². The Hall–Kier alpha value is -1.05. The first-order valence-corrected chi connectivity index (χ1v) is 7.04. The average molecular weight is 309 g/mol. The number of anilines is 1. The van der Waals surface area contributed by atoms with Crippen LogP contribution in [0.5, 0.6) is 0 Å². The van der Waals surface area contributed by atoms with Crippen molar-refractivity contribution in [3.63, 3.8) is 0 Å². The van der Waals surface area contributed by atoms with Gasteiger partial charge in [0.05, 0.1) is 23.4 Å². The van der Waals surface area contributed by atoms with Crippen LogP contribution in [0.3, 0.4) is 0 Å². The van der Waals surface area contributed by atoms with Gasteiger partial charge in [0.15, 0.2) is 0 Å². The standard InChI is InChI=1S/C14H17BrN2O/c1-10(18)12-4-6-17(7-5-12)14-3-2-11(9-16)8-13(14)15/h2-3,8,10,12,18H,4-7H2,1H3. The molecule has 1 aliphatic rings. The number of benzene rings is 1. The Kier molecular flexibility index (Phi) is 4.26. The number of aliphatic hydroxyl groups excluding tert-OH is 1. The van der Waals surface area contributed by atoms with E-state index in [2.05, 4.69) is 26.9 Å². The van der Waals surface area contributed by atoms with Crippen molar-refractivity contribution in [3.05, 3.63) is 28.2 Å². The van der Waals surface area contributed by atoms with Gasteiger partial charge < -0.3 is 10.0 Å². The molecule has 3 nitrogen and oxygen atoms in total. The van der Waals surface area contributed by atoms with E-state index in [9.17, 15) is 5.11 Å². The van der Waals surface area contributed by atoms with E-state index < -0.39 is 0 Å². The Morgan fingerprint density at radius 1 is 1.44 bits per heavy atom. The SMILES string of the molecule is CC(O)C1CCN(c2ccc(C#N)cc2Br)CC1. The molecule has 1 N–H and O–H groups in total. The third-order valence-corrected chi connectivity index (χ3v) is 4.27. The van der Waals surface area contributed by atoms with Crippen molar-refractivity contribution in [2.45, 2.75) is 25.9 Å². The van der Waals surface area contributed by atoms with Gasteiger partial charge in [-0.1, -0.05) is 0 Å². The minimum Gasteiger partial charge on any atom is -0.393 e. The Morgan fingerprint density at radius 2 is 2.11 bits per heavy atom. The van der Waals surface area contributed by atoms with Crippen LogP contribution in [0.4, 0.5) is 5.69 Å². The van der Waals surface area contributed by atoms with Gasteiger partial charge in [-0.15, -0.1) is 0 Å². The van der Waals surface area contributed by atoms with Crippen molar-refractivity contribution in [2.24, 2.45) is 5.92 Å². The molecule has 1 aromatic rings. The van der Waals surface area contributed by atoms with Crippen LogP contribution >= 0.6 is 15.9 Å². The highest BCUT2D eigenvalue weighted by Gasteiger charge is 2.23. The van der Waals surface area contributed by atoms with Crippen LogP contribution in [0.15, 0.2) is 22.7 Å². The number of hydrogen-bond donors (Lipinski definition) is 1. The molecular weight excluding hydrogens is 292 g/mol. The van der Waals surface area contributed by atoms with Crippen LogP contribution in [0, 0.1) is 17.2 Å². The zero-order valence-corrected chi connectivity index (χ0v) is 12.0. The summed E-state index contributed by atoms with van der Waals surface area (Å²) in [4.78, 5) is 2.31. The summed E-state index contributed by atoms with van der Waals surface area (Å²) in [6.45, 7) is 3.79. The van der Waals surface area contributed by atoms with Crippen LogP contribution < -0.4 is 4.90 Å². The average Bonchev–Trinajstić information content (AvgIpc) is 2.38. The van der Waals surface area contributed by atoms with E-state index in [1.165, 1.54) is 0 Å². The maximum Gasteiger partial charge on any atom is 0.0992 e. The number of hydrogen-bond acceptors (Lipinski definition) is 3. The van der Waals surface area contributed by atoms with Gasteiger partial charge in [-0.2, -0.15) is 5.26 Å². The molecule has 1 unspecified atom stereocenters. The van der Waals surface area contributed by atoms with E-state index in [1.54, 1.807) is 0 Å². The summed E-state index contributed by atoms with van der Waals surface area (Å²) in [7, 11) is 0. The highest BCUT2D eigenvalue weighted by molar-refractivity contribution is 9.10. The molecule has 0 amide bonds. The number of rotatable bonds is 2. The first-order valence-electron chi connectivity index (χ1n) is 6.24. The van der Waals surface area contributed by atoms with Gasteiger partial charge >= 0.3 is 0 Å². The number of piperidine rings is 1. The monoisotopic (exact) mass is 308 g/mol. The van der Waals surface area contributed by atoms with Crippen LogP contribution in [0.2, 0.25) is 0 Å². The molecule has 0 aliphatic carbocycles. The van der Waals surface area contributed by atoms with Gasteiger partial charge in [-0.3, -0.25) is 0 Å². The lowest BCUT2D eigenvalue weighted by Gasteiger charge is -2.35. The predicted octanol–water partition coefficient (Wildman–Crippen LogP) is 2.92. The van der Waals surface area contributed by atoms with E-state index in [1.807, 2.05) is 25.1 Å². The van der Waals surface area contributed by atoms with E-state index in [0.717, 1.165) is 36.1 Å². The number of nitriles is 1. The fourth-order valence-corrected chi connectivity index (χ4v) is 3.09. The smallest absolute Gasteiger partial charge is 0.0992 e. The second-order valence-corrected chi connectivity index (χ2v) is 5.70. The molecule has 4 heteroatoms. The molecule has 0 saturated carbocycles. The van der Waals surface area contributed by atoms with Crippen LogP contribution in [0.25, 0.3) is 0 Å². The fourth-order valence-electron chi connectivity index (χ4n) is 2.46. The first kappa shape index (κ1) is 13.4. The molecule has 1 heterocycles. The van der Waals surface area contributed by atoms with Crippen molar-refractivity contribution < 1.29 is 5.11 Å². The molecule has 1 aromatic carbocycles. The lowest BCUT2D eigenvalue weighted by molar-refractivity contribution is 0.110. The summed E-state index contributed by atoms with van der Waals surface area (Å²) >= 11 is 3.53. The largest absolute Gasteiger partial charge is 0.393 e. The van der Waals surface area contributed by atoms with E-state index in [-0.39, 0.29) is 6.10 Å². The normalized spacial score (nSPS) is 18.4. The number of halogens is 1. The predicted molar refractivity (Wildman–Crippen MR) is 75.5 cm³/mol. The second-order valence-electron chi connectivity index (χ2n) is 4.84. The number of aliphatic hydroxyl groups is 1. The van der Waals surface area contributed by atoms with Crippen molar-refractivity contribution in [3.8, 4) is 6.07 Å². The van der Waals surface area contributed by atoms with Crippen LogP contribution in [0.1, 0.15) is 25.3 Å². The van der Waals surface area contributed by atoms with Crippen LogP contribution in [-0.4, -0.2) is 24.3 Å². The van der Waals surface area contributed by atoms with Crippen molar-refractivity contribution in [2.75, 3.05) is 18.0 Å². The second kappa shape index (κ2) is 5.73. The Labute approximate surface area is 116 Å². The van der Waals surface area contributed by atoms with E-state index >= 15 is 0 Å². The molecular formula is C14H17BrN2O. The zero-order chi connectivity index (χ0) is 13.1. The third kappa shape index (κ3) is 2.85.